The molecule has 0 aromatic rings. The van der Waals surface area contributed by atoms with Crippen LogP contribution in [0.2, 0.25) is 36.3 Å². The number of hydrogen-bond acceptors (Lipinski definition) is 5. The second kappa shape index (κ2) is 23.1. The van der Waals surface area contributed by atoms with Gasteiger partial charge in [-0.2, -0.15) is 0 Å². The molecule has 0 aliphatic rings. The van der Waals surface area contributed by atoms with Gasteiger partial charge in [0.15, 0.2) is 16.6 Å². The van der Waals surface area contributed by atoms with Gasteiger partial charge in [-0.1, -0.05) is 48.0 Å². The summed E-state index contributed by atoms with van der Waals surface area (Å²) in [5.74, 6) is -0.00985. The second-order valence-electron chi connectivity index (χ2n) is 11.0. The number of ketones is 1. The zero-order chi connectivity index (χ0) is 29.8. The van der Waals surface area contributed by atoms with Crippen LogP contribution in [0, 0.1) is 39.2 Å². The summed E-state index contributed by atoms with van der Waals surface area (Å²) in [5, 5.41) is 0.232. The summed E-state index contributed by atoms with van der Waals surface area (Å²) in [6, 6.07) is 0. The average molecular weight is 597 g/mol. The standard InChI is InChI=1S/C23H44O5Si2.3CO.Fe/c1-19(28-30(10,11)23(5,6)7)17-21(26-18-24)14-12-13-20(25)15-16-27-29(8,9)22(2,3)4;3*1-2;/h12-14,19,21H,15-17H2,1-11H3;;;;/q-1;;;;/t19-,21+;;;;/m1..../s1. The fraction of sp³-hybridized carbons (Fsp3) is 0.692. The topological polar surface area (TPSA) is 122 Å². The van der Waals surface area contributed by atoms with Crippen molar-refractivity contribution >= 4 is 28.9 Å². The summed E-state index contributed by atoms with van der Waals surface area (Å²) in [6.07, 6.45) is 5.19. The maximum absolute atomic E-state index is 12.1. The van der Waals surface area contributed by atoms with Crippen LogP contribution in [0.4, 0.5) is 0 Å². The van der Waals surface area contributed by atoms with Crippen LogP contribution in [0.3, 0.4) is 0 Å². The predicted octanol–water partition coefficient (Wildman–Crippen LogP) is 5.72. The van der Waals surface area contributed by atoms with Gasteiger partial charge < -0.3 is 18.4 Å². The first-order valence-electron chi connectivity index (χ1n) is 11.4. The van der Waals surface area contributed by atoms with Crippen LogP contribution in [-0.4, -0.2) is 47.7 Å². The molecule has 0 amide bonds. The third-order valence-electron chi connectivity index (χ3n) is 6.29. The Hall–Kier alpha value is -0.767. The quantitative estimate of drug-likeness (QED) is 0.144. The zero-order valence-corrected chi connectivity index (χ0v) is 27.2. The van der Waals surface area contributed by atoms with Crippen LogP contribution in [0.1, 0.15) is 61.3 Å². The Morgan fingerprint density at radius 2 is 1.35 bits per heavy atom. The molecule has 213 valence electrons. The van der Waals surface area contributed by atoms with Crippen LogP contribution in [0.5, 0.6) is 0 Å². The molecule has 8 nitrogen and oxygen atoms in total. The van der Waals surface area contributed by atoms with Crippen molar-refractivity contribution in [2.75, 3.05) is 6.61 Å². The van der Waals surface area contributed by atoms with E-state index in [9.17, 15) is 9.59 Å². The molecule has 0 saturated carbocycles. The Labute approximate surface area is 238 Å². The molecular weight excluding hydrogens is 552 g/mol. The van der Waals surface area contributed by atoms with Crippen molar-refractivity contribution in [1.82, 2.24) is 0 Å². The molecule has 0 N–H and O–H groups in total. The molecule has 0 aromatic heterocycles. The Morgan fingerprint density at radius 3 is 1.73 bits per heavy atom. The molecule has 0 aliphatic carbocycles. The molecule has 37 heavy (non-hydrogen) atoms. The summed E-state index contributed by atoms with van der Waals surface area (Å²) in [4.78, 5) is 22.9. The minimum Gasteiger partial charge on any atom is 0 e. The number of rotatable bonds is 14. The molecule has 0 aliphatic heterocycles. The van der Waals surface area contributed by atoms with Crippen LogP contribution in [-0.2, 0) is 54.2 Å². The van der Waals surface area contributed by atoms with Gasteiger partial charge in [-0.25, -0.2) is 0 Å². The summed E-state index contributed by atoms with van der Waals surface area (Å²) in [7, 11) is -3.74. The van der Waals surface area contributed by atoms with Crippen molar-refractivity contribution < 1.29 is 54.2 Å². The molecule has 0 heterocycles. The van der Waals surface area contributed by atoms with E-state index in [1.54, 1.807) is 12.8 Å². The van der Waals surface area contributed by atoms with Crippen molar-refractivity contribution in [3.8, 4) is 0 Å². The third-order valence-corrected chi connectivity index (χ3v) is 15.4. The van der Waals surface area contributed by atoms with Crippen molar-refractivity contribution in [3.05, 3.63) is 39.2 Å². The fourth-order valence-electron chi connectivity index (χ4n) is 2.28. The van der Waals surface area contributed by atoms with Gasteiger partial charge in [0, 0.05) is 55.5 Å². The van der Waals surface area contributed by atoms with Crippen LogP contribution >= 0.6 is 0 Å². The van der Waals surface area contributed by atoms with E-state index in [0.717, 1.165) is 0 Å². The first-order valence-corrected chi connectivity index (χ1v) is 17.2. The molecule has 0 spiro atoms. The van der Waals surface area contributed by atoms with E-state index >= 15 is 0 Å². The minimum absolute atomic E-state index is 0. The predicted molar refractivity (Wildman–Crippen MR) is 140 cm³/mol. The first kappa shape index (κ1) is 46.1. The molecule has 3 radical (unpaired) electrons. The van der Waals surface area contributed by atoms with Crippen molar-refractivity contribution in [3.63, 3.8) is 0 Å². The number of carbonyl (C=O) groups is 1. The molecule has 0 saturated heterocycles. The summed E-state index contributed by atoms with van der Waals surface area (Å²) >= 11 is 0. The minimum atomic E-state index is -1.90. The fourth-order valence-corrected chi connectivity index (χ4v) is 4.78. The van der Waals surface area contributed by atoms with Crippen molar-refractivity contribution in [1.29, 1.82) is 0 Å². The van der Waals surface area contributed by atoms with Crippen molar-refractivity contribution in [2.45, 2.75) is 110 Å². The van der Waals surface area contributed by atoms with Gasteiger partial charge in [-0.3, -0.25) is 4.79 Å². The van der Waals surface area contributed by atoms with Gasteiger partial charge in [0.1, 0.15) is 5.78 Å². The van der Waals surface area contributed by atoms with Gasteiger partial charge in [0.25, 0.3) is 0 Å². The largest absolute Gasteiger partial charge is 0 e. The Morgan fingerprint density at radius 1 is 0.919 bits per heavy atom. The average Bonchev–Trinajstić information content (AvgIpc) is 2.76. The molecule has 11 heteroatoms. The van der Waals surface area contributed by atoms with Gasteiger partial charge in [0.05, 0.1) is 6.10 Å². The Kier molecular flexibility index (Phi) is 28.8. The molecule has 0 aromatic carbocycles. The van der Waals surface area contributed by atoms with E-state index < -0.39 is 22.7 Å². The monoisotopic (exact) mass is 596 g/mol. The molecular formula is C26H44FeO8Si2-. The second-order valence-corrected chi connectivity index (χ2v) is 20.6. The van der Waals surface area contributed by atoms with Gasteiger partial charge in [0.2, 0.25) is 0 Å². The van der Waals surface area contributed by atoms with E-state index in [2.05, 4.69) is 87.7 Å². The summed E-state index contributed by atoms with van der Waals surface area (Å²) < 4.78 is 39.9. The van der Waals surface area contributed by atoms with E-state index in [1.807, 2.05) is 6.92 Å². The number of Topliss-reactive ketones (excluding diaryl/α,β-unsaturated/α-hetero) is 1. The summed E-state index contributed by atoms with van der Waals surface area (Å²) in [5.41, 5.74) is 0. The number of ether oxygens (including phenoxy) is 1. The van der Waals surface area contributed by atoms with Crippen LogP contribution < -0.4 is 0 Å². The maximum Gasteiger partial charge on any atom is 0 e. The normalized spacial score (nSPS) is 12.8. The maximum atomic E-state index is 12.1. The summed E-state index contributed by atoms with van der Waals surface area (Å²) in [6.45, 7) is 39.3. The van der Waals surface area contributed by atoms with Crippen molar-refractivity contribution in [2.24, 2.45) is 0 Å². The first-order chi connectivity index (χ1) is 16.4. The van der Waals surface area contributed by atoms with Gasteiger partial charge in [-0.15, -0.1) is 0 Å². The molecule has 0 unspecified atom stereocenters. The zero-order valence-electron chi connectivity index (χ0n) is 24.1. The van der Waals surface area contributed by atoms with Gasteiger partial charge in [-0.05, 0) is 49.6 Å². The van der Waals surface area contributed by atoms with E-state index in [-0.39, 0.29) is 39.0 Å². The molecule has 2 atom stereocenters. The molecule has 0 fully saturated rings. The molecule has 0 bridgehead atoms. The number of hydrogen-bond donors (Lipinski definition) is 0. The Bertz CT molecular complexity index is 648. The van der Waals surface area contributed by atoms with E-state index in [4.69, 9.17) is 27.5 Å². The van der Waals surface area contributed by atoms with E-state index in [0.29, 0.717) is 19.4 Å². The number of carbonyl (C=O) groups excluding carboxylic acids is 2. The SMILES string of the molecule is C[C@H](C[C@H]([CH][CH][CH]C(=O)CCO[Si](C)(C)C(C)(C)C)O[C-]=O)O[Si](C)(C)C(C)(C)C.[C-]#[O+].[C-]#[O+].[C-]#[O+].[Fe]. The van der Waals surface area contributed by atoms with Crippen LogP contribution in [0.25, 0.3) is 0 Å². The Balaban J connectivity index is -0.000000451. The third kappa shape index (κ3) is 21.8. The van der Waals surface area contributed by atoms with E-state index in [1.165, 1.54) is 12.9 Å². The molecule has 0 rings (SSSR count). The smallest absolute Gasteiger partial charge is 0 e. The van der Waals surface area contributed by atoms with Gasteiger partial charge >= 0.3 is 33.9 Å². The van der Waals surface area contributed by atoms with Crippen LogP contribution in [0.15, 0.2) is 0 Å².